The molecule has 7 heteroatoms. The molecule has 2 atom stereocenters. The van der Waals surface area contributed by atoms with Crippen molar-refractivity contribution in [2.75, 3.05) is 26.4 Å². The maximum atomic E-state index is 12.6. The normalized spacial score (nSPS) is 21.1. The number of benzene rings is 1. The Morgan fingerprint density at radius 2 is 1.89 bits per heavy atom. The molecule has 0 spiro atoms. The largest absolute Gasteiger partial charge is 0.486 e. The second-order valence-electron chi connectivity index (χ2n) is 6.80. The van der Waals surface area contributed by atoms with Crippen LogP contribution in [0.4, 0.5) is 0 Å². The van der Waals surface area contributed by atoms with E-state index in [1.807, 2.05) is 12.1 Å². The lowest BCUT2D eigenvalue weighted by Crippen LogP contribution is -2.41. The first kappa shape index (κ1) is 18.1. The van der Waals surface area contributed by atoms with Crippen LogP contribution in [0.2, 0.25) is 5.02 Å². The SMILES string of the molecule is O=C(Cc1cc2c(cc1Cl)OCCO2)N[C@@H]1COC[C@H]1Cc1ccncc1. The number of ether oxygens (including phenoxy) is 3. The summed E-state index contributed by atoms with van der Waals surface area (Å²) < 4.78 is 16.7. The van der Waals surface area contributed by atoms with Crippen molar-refractivity contribution in [1.82, 2.24) is 10.3 Å². The highest BCUT2D eigenvalue weighted by molar-refractivity contribution is 6.31. The molecular formula is C20H21ClN2O4. The number of carbonyl (C=O) groups excluding carboxylic acids is 1. The summed E-state index contributed by atoms with van der Waals surface area (Å²) in [7, 11) is 0. The summed E-state index contributed by atoms with van der Waals surface area (Å²) in [4.78, 5) is 16.6. The average molecular weight is 389 g/mol. The Hall–Kier alpha value is -2.31. The Labute approximate surface area is 162 Å². The van der Waals surface area contributed by atoms with Gasteiger partial charge in [-0.2, -0.15) is 0 Å². The van der Waals surface area contributed by atoms with Gasteiger partial charge in [0.15, 0.2) is 11.5 Å². The fourth-order valence-electron chi connectivity index (χ4n) is 3.45. The first-order chi connectivity index (χ1) is 13.2. The summed E-state index contributed by atoms with van der Waals surface area (Å²) in [6.45, 7) is 2.16. The summed E-state index contributed by atoms with van der Waals surface area (Å²) in [5.41, 5.74) is 1.91. The van der Waals surface area contributed by atoms with Crippen molar-refractivity contribution in [3.63, 3.8) is 0 Å². The molecule has 2 aliphatic heterocycles. The molecular weight excluding hydrogens is 368 g/mol. The first-order valence-corrected chi connectivity index (χ1v) is 9.41. The van der Waals surface area contributed by atoms with Crippen LogP contribution in [0.3, 0.4) is 0 Å². The highest BCUT2D eigenvalue weighted by atomic mass is 35.5. The molecule has 0 unspecified atom stereocenters. The molecule has 142 valence electrons. The standard InChI is InChI=1S/C20H21ClN2O4/c21-16-10-19-18(26-5-6-27-19)8-14(16)9-20(24)23-17-12-25-11-15(17)7-13-1-3-22-4-2-13/h1-4,8,10,15,17H,5-7,9,11-12H2,(H,23,24)/t15-,17-/m1/s1. The zero-order valence-corrected chi connectivity index (χ0v) is 15.6. The molecule has 0 bridgehead atoms. The van der Waals surface area contributed by atoms with Crippen molar-refractivity contribution in [2.24, 2.45) is 5.92 Å². The summed E-state index contributed by atoms with van der Waals surface area (Å²) in [5, 5.41) is 3.60. The summed E-state index contributed by atoms with van der Waals surface area (Å²) in [5.74, 6) is 1.42. The van der Waals surface area contributed by atoms with Gasteiger partial charge in [0.05, 0.1) is 25.7 Å². The molecule has 1 saturated heterocycles. The number of rotatable bonds is 5. The maximum Gasteiger partial charge on any atom is 0.224 e. The lowest BCUT2D eigenvalue weighted by molar-refractivity contribution is -0.121. The molecule has 2 aromatic rings. The zero-order valence-electron chi connectivity index (χ0n) is 14.8. The molecule has 0 radical (unpaired) electrons. The number of nitrogens with one attached hydrogen (secondary N) is 1. The Bertz CT molecular complexity index is 815. The van der Waals surface area contributed by atoms with Crippen molar-refractivity contribution in [3.8, 4) is 11.5 Å². The lowest BCUT2D eigenvalue weighted by Gasteiger charge is -2.21. The number of hydrogen-bond acceptors (Lipinski definition) is 5. The van der Waals surface area contributed by atoms with Crippen LogP contribution in [0.15, 0.2) is 36.7 Å². The van der Waals surface area contributed by atoms with Crippen molar-refractivity contribution >= 4 is 17.5 Å². The third kappa shape index (κ3) is 4.34. The number of fused-ring (bicyclic) bond motifs is 1. The Morgan fingerprint density at radius 1 is 1.15 bits per heavy atom. The van der Waals surface area contributed by atoms with E-state index in [0.29, 0.717) is 42.9 Å². The topological polar surface area (TPSA) is 69.7 Å². The van der Waals surface area contributed by atoms with E-state index < -0.39 is 0 Å². The minimum absolute atomic E-state index is 0.0124. The number of halogens is 1. The summed E-state index contributed by atoms with van der Waals surface area (Å²) in [6, 6.07) is 7.47. The van der Waals surface area contributed by atoms with Gasteiger partial charge in [0, 0.05) is 29.4 Å². The average Bonchev–Trinajstić information content (AvgIpc) is 3.09. The van der Waals surface area contributed by atoms with Gasteiger partial charge in [0.25, 0.3) is 0 Å². The molecule has 1 amide bonds. The Balaban J connectivity index is 1.39. The van der Waals surface area contributed by atoms with Crippen LogP contribution in [-0.4, -0.2) is 43.4 Å². The Morgan fingerprint density at radius 3 is 2.67 bits per heavy atom. The van der Waals surface area contributed by atoms with Crippen LogP contribution in [0.5, 0.6) is 11.5 Å². The molecule has 0 saturated carbocycles. The number of pyridine rings is 1. The minimum Gasteiger partial charge on any atom is -0.486 e. The van der Waals surface area contributed by atoms with E-state index in [-0.39, 0.29) is 24.3 Å². The molecule has 1 fully saturated rings. The smallest absolute Gasteiger partial charge is 0.224 e. The van der Waals surface area contributed by atoms with E-state index >= 15 is 0 Å². The number of amides is 1. The molecule has 1 aromatic heterocycles. The van der Waals surface area contributed by atoms with Gasteiger partial charge in [0.1, 0.15) is 13.2 Å². The predicted octanol–water partition coefficient (Wildman–Crippen LogP) is 2.42. The maximum absolute atomic E-state index is 12.6. The van der Waals surface area contributed by atoms with Gasteiger partial charge in [-0.3, -0.25) is 9.78 Å². The number of nitrogens with zero attached hydrogens (tertiary/aromatic N) is 1. The molecule has 1 aromatic carbocycles. The first-order valence-electron chi connectivity index (χ1n) is 9.03. The van der Waals surface area contributed by atoms with E-state index in [1.54, 1.807) is 24.5 Å². The van der Waals surface area contributed by atoms with Crippen LogP contribution in [0, 0.1) is 5.92 Å². The molecule has 3 heterocycles. The molecule has 1 N–H and O–H groups in total. The molecule has 2 aliphatic rings. The van der Waals surface area contributed by atoms with Crippen LogP contribution >= 0.6 is 11.6 Å². The molecule has 27 heavy (non-hydrogen) atoms. The van der Waals surface area contributed by atoms with Crippen LogP contribution in [0.1, 0.15) is 11.1 Å². The van der Waals surface area contributed by atoms with E-state index in [4.69, 9.17) is 25.8 Å². The molecule has 6 nitrogen and oxygen atoms in total. The van der Waals surface area contributed by atoms with Gasteiger partial charge >= 0.3 is 0 Å². The van der Waals surface area contributed by atoms with Crippen molar-refractivity contribution in [2.45, 2.75) is 18.9 Å². The second-order valence-corrected chi connectivity index (χ2v) is 7.20. The van der Waals surface area contributed by atoms with Gasteiger partial charge in [-0.1, -0.05) is 11.6 Å². The zero-order chi connectivity index (χ0) is 18.6. The van der Waals surface area contributed by atoms with Crippen LogP contribution in [-0.2, 0) is 22.4 Å². The number of hydrogen-bond donors (Lipinski definition) is 1. The predicted molar refractivity (Wildman–Crippen MR) is 100 cm³/mol. The highest BCUT2D eigenvalue weighted by Gasteiger charge is 2.30. The van der Waals surface area contributed by atoms with Gasteiger partial charge < -0.3 is 19.5 Å². The van der Waals surface area contributed by atoms with Crippen LogP contribution in [0.25, 0.3) is 0 Å². The quantitative estimate of drug-likeness (QED) is 0.851. The van der Waals surface area contributed by atoms with Crippen molar-refractivity contribution in [1.29, 1.82) is 0 Å². The fraction of sp³-hybridized carbons (Fsp3) is 0.400. The third-order valence-electron chi connectivity index (χ3n) is 4.85. The summed E-state index contributed by atoms with van der Waals surface area (Å²) >= 11 is 6.31. The van der Waals surface area contributed by atoms with Gasteiger partial charge in [-0.05, 0) is 35.7 Å². The number of carbonyl (C=O) groups is 1. The highest BCUT2D eigenvalue weighted by Crippen LogP contribution is 2.35. The van der Waals surface area contributed by atoms with Crippen molar-refractivity contribution in [3.05, 3.63) is 52.8 Å². The number of aromatic nitrogens is 1. The summed E-state index contributed by atoms with van der Waals surface area (Å²) in [6.07, 6.45) is 4.59. The van der Waals surface area contributed by atoms with E-state index in [1.165, 1.54) is 5.56 Å². The monoisotopic (exact) mass is 388 g/mol. The second kappa shape index (κ2) is 8.15. The van der Waals surface area contributed by atoms with E-state index in [9.17, 15) is 4.79 Å². The fourth-order valence-corrected chi connectivity index (χ4v) is 3.67. The van der Waals surface area contributed by atoms with E-state index in [0.717, 1.165) is 12.0 Å². The van der Waals surface area contributed by atoms with E-state index in [2.05, 4.69) is 10.3 Å². The van der Waals surface area contributed by atoms with Gasteiger partial charge in [-0.25, -0.2) is 0 Å². The van der Waals surface area contributed by atoms with Gasteiger partial charge in [0.2, 0.25) is 5.91 Å². The van der Waals surface area contributed by atoms with Crippen molar-refractivity contribution < 1.29 is 19.0 Å². The lowest BCUT2D eigenvalue weighted by atomic mass is 9.95. The Kier molecular flexibility index (Phi) is 5.45. The van der Waals surface area contributed by atoms with Gasteiger partial charge in [-0.15, -0.1) is 0 Å². The molecule has 0 aliphatic carbocycles. The molecule has 4 rings (SSSR count). The minimum atomic E-state index is -0.0798. The van der Waals surface area contributed by atoms with Crippen LogP contribution < -0.4 is 14.8 Å². The third-order valence-corrected chi connectivity index (χ3v) is 5.21.